The first-order valence-electron chi connectivity index (χ1n) is 6.00. The lowest BCUT2D eigenvalue weighted by atomic mass is 10.2. The monoisotopic (exact) mass is 321 g/mol. The topological polar surface area (TPSA) is 85.1 Å². The molecule has 3 rings (SSSR count). The first kappa shape index (κ1) is 13.8. The summed E-state index contributed by atoms with van der Waals surface area (Å²) in [6, 6.07) is 8.29. The number of benzene rings is 1. The molecular formula is C13H11N3O3S2. The molecular weight excluding hydrogens is 310 g/mol. The lowest BCUT2D eigenvalue weighted by Gasteiger charge is -2.04. The number of rotatable bonds is 4. The highest BCUT2D eigenvalue weighted by Gasteiger charge is 2.17. The van der Waals surface area contributed by atoms with Crippen molar-refractivity contribution in [3.05, 3.63) is 48.4 Å². The fourth-order valence-electron chi connectivity index (χ4n) is 1.67. The molecule has 0 saturated heterocycles. The van der Waals surface area contributed by atoms with E-state index in [4.69, 9.17) is 4.42 Å². The molecule has 0 bridgehead atoms. The summed E-state index contributed by atoms with van der Waals surface area (Å²) in [5.74, 6) is 0.426. The SMILES string of the molecule is Cc1ccc(S(=O)(=O)Nc2nc(-c3ccoc3)ns2)cc1. The zero-order chi connectivity index (χ0) is 14.9. The van der Waals surface area contributed by atoms with E-state index in [9.17, 15) is 8.42 Å². The zero-order valence-electron chi connectivity index (χ0n) is 11.0. The molecule has 0 atom stereocenters. The molecule has 1 N–H and O–H groups in total. The Balaban J connectivity index is 1.84. The van der Waals surface area contributed by atoms with Crippen molar-refractivity contribution in [2.75, 3.05) is 4.72 Å². The van der Waals surface area contributed by atoms with Gasteiger partial charge in [-0.3, -0.25) is 4.72 Å². The molecule has 0 unspecified atom stereocenters. The fourth-order valence-corrected chi connectivity index (χ4v) is 3.48. The molecule has 0 aliphatic rings. The van der Waals surface area contributed by atoms with Gasteiger partial charge < -0.3 is 4.42 Å². The quantitative estimate of drug-likeness (QED) is 0.798. The Morgan fingerprint density at radius 1 is 1.19 bits per heavy atom. The predicted molar refractivity (Wildman–Crippen MR) is 79.6 cm³/mol. The van der Waals surface area contributed by atoms with E-state index in [1.165, 1.54) is 12.5 Å². The van der Waals surface area contributed by atoms with Crippen LogP contribution in [0.5, 0.6) is 0 Å². The smallest absolute Gasteiger partial charge is 0.263 e. The first-order chi connectivity index (χ1) is 10.0. The molecule has 8 heteroatoms. The van der Waals surface area contributed by atoms with Crippen LogP contribution >= 0.6 is 11.5 Å². The number of nitrogens with one attached hydrogen (secondary N) is 1. The Hall–Kier alpha value is -2.19. The second kappa shape index (κ2) is 5.30. The van der Waals surface area contributed by atoms with Crippen molar-refractivity contribution < 1.29 is 12.8 Å². The highest BCUT2D eigenvalue weighted by atomic mass is 32.2. The van der Waals surface area contributed by atoms with Crippen molar-refractivity contribution >= 4 is 26.7 Å². The number of hydrogen-bond acceptors (Lipinski definition) is 6. The van der Waals surface area contributed by atoms with Crippen molar-refractivity contribution in [2.45, 2.75) is 11.8 Å². The normalized spacial score (nSPS) is 11.5. The second-order valence-electron chi connectivity index (χ2n) is 4.35. The van der Waals surface area contributed by atoms with Crippen LogP contribution in [0.3, 0.4) is 0 Å². The predicted octanol–water partition coefficient (Wildman–Crippen LogP) is 2.91. The molecule has 6 nitrogen and oxygen atoms in total. The molecule has 0 spiro atoms. The Kier molecular flexibility index (Phi) is 3.48. The number of aromatic nitrogens is 2. The van der Waals surface area contributed by atoms with Gasteiger partial charge in [0.15, 0.2) is 5.82 Å². The van der Waals surface area contributed by atoms with Crippen LogP contribution in [0, 0.1) is 6.92 Å². The fraction of sp³-hybridized carbons (Fsp3) is 0.0769. The third kappa shape index (κ3) is 2.96. The van der Waals surface area contributed by atoms with Gasteiger partial charge in [0, 0.05) is 11.5 Å². The number of anilines is 1. The van der Waals surface area contributed by atoms with Crippen molar-refractivity contribution in [2.24, 2.45) is 0 Å². The number of hydrogen-bond donors (Lipinski definition) is 1. The molecule has 1 aromatic carbocycles. The summed E-state index contributed by atoms with van der Waals surface area (Å²) in [5.41, 5.74) is 1.69. The van der Waals surface area contributed by atoms with Crippen LogP contribution < -0.4 is 4.72 Å². The summed E-state index contributed by atoms with van der Waals surface area (Å²) >= 11 is 0.979. The van der Waals surface area contributed by atoms with Gasteiger partial charge in [0.1, 0.15) is 6.26 Å². The van der Waals surface area contributed by atoms with Gasteiger partial charge in [0.25, 0.3) is 10.0 Å². The summed E-state index contributed by atoms with van der Waals surface area (Å²) in [6.45, 7) is 1.89. The molecule has 0 saturated carbocycles. The lowest BCUT2D eigenvalue weighted by Crippen LogP contribution is -2.12. The summed E-state index contributed by atoms with van der Waals surface area (Å²) in [6.07, 6.45) is 3.01. The maximum atomic E-state index is 12.2. The molecule has 0 fully saturated rings. The molecule has 0 amide bonds. The van der Waals surface area contributed by atoms with Gasteiger partial charge in [0.2, 0.25) is 5.13 Å². The van der Waals surface area contributed by atoms with Gasteiger partial charge in [-0.05, 0) is 25.1 Å². The average molecular weight is 321 g/mol. The number of nitrogens with zero attached hydrogens (tertiary/aromatic N) is 2. The van der Waals surface area contributed by atoms with E-state index in [0.29, 0.717) is 11.4 Å². The van der Waals surface area contributed by atoms with Crippen LogP contribution in [0.2, 0.25) is 0 Å². The minimum absolute atomic E-state index is 0.188. The summed E-state index contributed by atoms with van der Waals surface area (Å²) in [4.78, 5) is 4.33. The van der Waals surface area contributed by atoms with Crippen molar-refractivity contribution in [3.63, 3.8) is 0 Å². The number of aryl methyl sites for hydroxylation is 1. The highest BCUT2D eigenvalue weighted by Crippen LogP contribution is 2.23. The van der Waals surface area contributed by atoms with Crippen molar-refractivity contribution in [3.8, 4) is 11.4 Å². The van der Waals surface area contributed by atoms with Crippen LogP contribution in [0.1, 0.15) is 5.56 Å². The van der Waals surface area contributed by atoms with Gasteiger partial charge in [-0.2, -0.15) is 9.36 Å². The summed E-state index contributed by atoms with van der Waals surface area (Å²) < 4.78 is 35.9. The molecule has 108 valence electrons. The Bertz CT molecular complexity index is 837. The standard InChI is InChI=1S/C13H11N3O3S2/c1-9-2-4-11(5-3-9)21(17,18)16-13-14-12(15-20-13)10-6-7-19-8-10/h2-8H,1H3,(H,14,15,16). The molecule has 2 heterocycles. The molecule has 3 aromatic rings. The van der Waals surface area contributed by atoms with Crippen molar-refractivity contribution in [1.29, 1.82) is 0 Å². The zero-order valence-corrected chi connectivity index (χ0v) is 12.6. The number of furan rings is 1. The highest BCUT2D eigenvalue weighted by molar-refractivity contribution is 7.93. The largest absolute Gasteiger partial charge is 0.472 e. The van der Waals surface area contributed by atoms with Gasteiger partial charge in [-0.15, -0.1) is 0 Å². The van der Waals surface area contributed by atoms with E-state index in [-0.39, 0.29) is 10.0 Å². The maximum absolute atomic E-state index is 12.2. The van der Waals surface area contributed by atoms with E-state index in [0.717, 1.165) is 17.1 Å². The van der Waals surface area contributed by atoms with Crippen LogP contribution in [-0.4, -0.2) is 17.8 Å². The third-order valence-corrected chi connectivity index (χ3v) is 4.87. The number of sulfonamides is 1. The third-order valence-electron chi connectivity index (χ3n) is 2.76. The van der Waals surface area contributed by atoms with Gasteiger partial charge in [-0.1, -0.05) is 17.7 Å². The Morgan fingerprint density at radius 3 is 2.62 bits per heavy atom. The average Bonchev–Trinajstić information content (AvgIpc) is 3.09. The summed E-state index contributed by atoms with van der Waals surface area (Å²) in [5, 5.41) is 0.215. The molecule has 2 aromatic heterocycles. The van der Waals surface area contributed by atoms with E-state index < -0.39 is 10.0 Å². The Morgan fingerprint density at radius 2 is 1.95 bits per heavy atom. The molecule has 0 aliphatic heterocycles. The van der Waals surface area contributed by atoms with E-state index in [1.54, 1.807) is 30.3 Å². The van der Waals surface area contributed by atoms with Crippen molar-refractivity contribution in [1.82, 2.24) is 9.36 Å². The van der Waals surface area contributed by atoms with E-state index in [1.807, 2.05) is 6.92 Å². The lowest BCUT2D eigenvalue weighted by molar-refractivity contribution is 0.568. The Labute approximate surface area is 125 Å². The maximum Gasteiger partial charge on any atom is 0.263 e. The van der Waals surface area contributed by atoms with Gasteiger partial charge in [-0.25, -0.2) is 8.42 Å². The van der Waals surface area contributed by atoms with Crippen LogP contribution in [0.15, 0.2) is 52.2 Å². The van der Waals surface area contributed by atoms with Crippen LogP contribution in [-0.2, 0) is 10.0 Å². The first-order valence-corrected chi connectivity index (χ1v) is 8.26. The van der Waals surface area contributed by atoms with Gasteiger partial charge in [0.05, 0.1) is 16.7 Å². The van der Waals surface area contributed by atoms with Crippen LogP contribution in [0.4, 0.5) is 5.13 Å². The molecule has 21 heavy (non-hydrogen) atoms. The minimum atomic E-state index is -3.65. The van der Waals surface area contributed by atoms with Crippen LogP contribution in [0.25, 0.3) is 11.4 Å². The minimum Gasteiger partial charge on any atom is -0.472 e. The second-order valence-corrected chi connectivity index (χ2v) is 6.79. The van der Waals surface area contributed by atoms with Gasteiger partial charge >= 0.3 is 0 Å². The molecule has 0 aliphatic carbocycles. The van der Waals surface area contributed by atoms with E-state index in [2.05, 4.69) is 14.1 Å². The molecule has 0 radical (unpaired) electrons. The summed E-state index contributed by atoms with van der Waals surface area (Å²) in [7, 11) is -3.65. The van der Waals surface area contributed by atoms with E-state index >= 15 is 0 Å².